The summed E-state index contributed by atoms with van der Waals surface area (Å²) < 4.78 is 28.8. The van der Waals surface area contributed by atoms with Crippen LogP contribution in [0.3, 0.4) is 0 Å². The fourth-order valence-corrected chi connectivity index (χ4v) is 4.32. The molecule has 0 amide bonds. The van der Waals surface area contributed by atoms with Crippen molar-refractivity contribution in [3.63, 3.8) is 0 Å². The summed E-state index contributed by atoms with van der Waals surface area (Å²) in [5, 5.41) is 0. The molecule has 0 aromatic rings. The second-order valence-corrected chi connectivity index (χ2v) is 6.65. The molecule has 4 heteroatoms. The van der Waals surface area contributed by atoms with Crippen LogP contribution in [0.4, 0.5) is 0 Å². The van der Waals surface area contributed by atoms with E-state index in [-0.39, 0.29) is 6.61 Å². The zero-order valence-corrected chi connectivity index (χ0v) is 10.2. The highest BCUT2D eigenvalue weighted by Crippen LogP contribution is 2.33. The first-order valence-electron chi connectivity index (χ1n) is 5.53. The fourth-order valence-electron chi connectivity index (χ4n) is 2.16. The van der Waals surface area contributed by atoms with E-state index < -0.39 is 14.6 Å². The number of rotatable bonds is 4. The Morgan fingerprint density at radius 2 is 2.13 bits per heavy atom. The first kappa shape index (κ1) is 12.6. The van der Waals surface area contributed by atoms with E-state index in [1.807, 2.05) is 6.92 Å². The Kier molecular flexibility index (Phi) is 4.20. The molecule has 88 valence electrons. The second kappa shape index (κ2) is 5.01. The van der Waals surface area contributed by atoms with Crippen molar-refractivity contribution in [1.29, 1.82) is 0 Å². The van der Waals surface area contributed by atoms with E-state index in [1.165, 1.54) is 6.26 Å². The van der Waals surface area contributed by atoms with Gasteiger partial charge >= 0.3 is 0 Å². The standard InChI is InChI=1S/C11H20O3S/c1-3-11(10-14-4-2)8-6-5-7-9-15(11,12)13/h4H,2-3,5-10H2,1H3. The zero-order valence-electron chi connectivity index (χ0n) is 9.37. The summed E-state index contributed by atoms with van der Waals surface area (Å²) in [5.41, 5.74) is 0. The largest absolute Gasteiger partial charge is 0.500 e. The van der Waals surface area contributed by atoms with Crippen molar-refractivity contribution in [1.82, 2.24) is 0 Å². The van der Waals surface area contributed by atoms with Gasteiger partial charge in [0.05, 0.1) is 12.0 Å². The Labute approximate surface area is 92.4 Å². The lowest BCUT2D eigenvalue weighted by Gasteiger charge is -2.30. The Hall–Kier alpha value is -0.510. The first-order chi connectivity index (χ1) is 7.08. The van der Waals surface area contributed by atoms with E-state index in [4.69, 9.17) is 4.74 Å². The maximum atomic E-state index is 12.1. The highest BCUT2D eigenvalue weighted by atomic mass is 32.2. The van der Waals surface area contributed by atoms with Gasteiger partial charge in [0, 0.05) is 0 Å². The van der Waals surface area contributed by atoms with Gasteiger partial charge in [0.1, 0.15) is 11.4 Å². The van der Waals surface area contributed by atoms with Crippen LogP contribution >= 0.6 is 0 Å². The van der Waals surface area contributed by atoms with Crippen LogP contribution in [0.2, 0.25) is 0 Å². The summed E-state index contributed by atoms with van der Waals surface area (Å²) in [7, 11) is -3.02. The third-order valence-electron chi connectivity index (χ3n) is 3.31. The molecule has 0 bridgehead atoms. The van der Waals surface area contributed by atoms with Crippen LogP contribution in [0.1, 0.15) is 39.0 Å². The molecule has 1 saturated heterocycles. The monoisotopic (exact) mass is 232 g/mol. The van der Waals surface area contributed by atoms with E-state index in [1.54, 1.807) is 0 Å². The molecule has 1 unspecified atom stereocenters. The van der Waals surface area contributed by atoms with E-state index in [0.29, 0.717) is 12.2 Å². The summed E-state index contributed by atoms with van der Waals surface area (Å²) >= 11 is 0. The third-order valence-corrected chi connectivity index (χ3v) is 6.07. The minimum Gasteiger partial charge on any atom is -0.500 e. The Morgan fingerprint density at radius 1 is 1.40 bits per heavy atom. The van der Waals surface area contributed by atoms with Gasteiger partial charge in [0.2, 0.25) is 0 Å². The van der Waals surface area contributed by atoms with Crippen molar-refractivity contribution in [3.05, 3.63) is 12.8 Å². The molecule has 1 atom stereocenters. The maximum Gasteiger partial charge on any atom is 0.159 e. The molecule has 0 aliphatic carbocycles. The molecule has 3 nitrogen and oxygen atoms in total. The average Bonchev–Trinajstić information content (AvgIpc) is 2.35. The molecule has 1 rings (SSSR count). The van der Waals surface area contributed by atoms with Crippen molar-refractivity contribution >= 4 is 9.84 Å². The summed E-state index contributed by atoms with van der Waals surface area (Å²) in [4.78, 5) is 0. The summed E-state index contributed by atoms with van der Waals surface area (Å²) in [5.74, 6) is 0.307. The Bertz CT molecular complexity index is 308. The van der Waals surface area contributed by atoms with Gasteiger partial charge in [-0.25, -0.2) is 8.42 Å². The molecule has 0 radical (unpaired) electrons. The molecule has 0 aromatic heterocycles. The molecule has 0 aromatic carbocycles. The lowest BCUT2D eigenvalue weighted by Crippen LogP contribution is -2.42. The summed E-state index contributed by atoms with van der Waals surface area (Å²) in [6.07, 6.45) is 5.46. The second-order valence-electron chi connectivity index (χ2n) is 4.14. The van der Waals surface area contributed by atoms with Gasteiger partial charge in [0.15, 0.2) is 9.84 Å². The molecule has 0 spiro atoms. The molecule has 15 heavy (non-hydrogen) atoms. The predicted octanol–water partition coefficient (Wildman–Crippen LogP) is 2.28. The number of hydrogen-bond donors (Lipinski definition) is 0. The maximum absolute atomic E-state index is 12.1. The van der Waals surface area contributed by atoms with Gasteiger partial charge in [-0.2, -0.15) is 0 Å². The molecule has 1 fully saturated rings. The molecule has 1 heterocycles. The summed E-state index contributed by atoms with van der Waals surface area (Å²) in [6.45, 7) is 5.65. The van der Waals surface area contributed by atoms with Crippen molar-refractivity contribution in [2.24, 2.45) is 0 Å². The van der Waals surface area contributed by atoms with Crippen molar-refractivity contribution in [2.45, 2.75) is 43.8 Å². The SMILES string of the molecule is C=COCC1(CC)CCCCCS1(=O)=O. The third kappa shape index (κ3) is 2.54. The van der Waals surface area contributed by atoms with Crippen molar-refractivity contribution < 1.29 is 13.2 Å². The topological polar surface area (TPSA) is 43.4 Å². The normalized spacial score (nSPS) is 30.5. The average molecular weight is 232 g/mol. The Morgan fingerprint density at radius 3 is 2.73 bits per heavy atom. The van der Waals surface area contributed by atoms with Crippen molar-refractivity contribution in [3.8, 4) is 0 Å². The number of sulfone groups is 1. The van der Waals surface area contributed by atoms with Crippen LogP contribution < -0.4 is 0 Å². The van der Waals surface area contributed by atoms with Gasteiger partial charge in [0.25, 0.3) is 0 Å². The van der Waals surface area contributed by atoms with Gasteiger partial charge in [-0.1, -0.05) is 26.3 Å². The zero-order chi connectivity index (χ0) is 11.4. The minimum absolute atomic E-state index is 0.259. The van der Waals surface area contributed by atoms with Crippen LogP contribution in [-0.2, 0) is 14.6 Å². The van der Waals surface area contributed by atoms with Crippen LogP contribution in [-0.4, -0.2) is 25.5 Å². The van der Waals surface area contributed by atoms with E-state index in [0.717, 1.165) is 25.7 Å². The van der Waals surface area contributed by atoms with Gasteiger partial charge in [-0.15, -0.1) is 0 Å². The van der Waals surface area contributed by atoms with Crippen LogP contribution in [0.5, 0.6) is 0 Å². The quantitative estimate of drug-likeness (QED) is 0.698. The van der Waals surface area contributed by atoms with Gasteiger partial charge in [-0.05, 0) is 19.3 Å². The molecule has 0 N–H and O–H groups in total. The number of ether oxygens (including phenoxy) is 1. The lowest BCUT2D eigenvalue weighted by molar-refractivity contribution is 0.198. The minimum atomic E-state index is -3.02. The van der Waals surface area contributed by atoms with Gasteiger partial charge < -0.3 is 4.74 Å². The van der Waals surface area contributed by atoms with Crippen LogP contribution in [0.15, 0.2) is 12.8 Å². The molecule has 1 aliphatic rings. The van der Waals surface area contributed by atoms with E-state index in [9.17, 15) is 8.42 Å². The molecule has 1 aliphatic heterocycles. The molecular weight excluding hydrogens is 212 g/mol. The fraction of sp³-hybridized carbons (Fsp3) is 0.818. The Balaban J connectivity index is 2.94. The van der Waals surface area contributed by atoms with E-state index in [2.05, 4.69) is 6.58 Å². The van der Waals surface area contributed by atoms with Crippen LogP contribution in [0, 0.1) is 0 Å². The van der Waals surface area contributed by atoms with E-state index >= 15 is 0 Å². The first-order valence-corrected chi connectivity index (χ1v) is 7.18. The highest BCUT2D eigenvalue weighted by Gasteiger charge is 2.43. The molecular formula is C11H20O3S. The summed E-state index contributed by atoms with van der Waals surface area (Å²) in [6, 6.07) is 0. The van der Waals surface area contributed by atoms with Crippen molar-refractivity contribution in [2.75, 3.05) is 12.4 Å². The number of hydrogen-bond acceptors (Lipinski definition) is 3. The predicted molar refractivity (Wildman–Crippen MR) is 61.4 cm³/mol. The smallest absolute Gasteiger partial charge is 0.159 e. The van der Waals surface area contributed by atoms with Crippen LogP contribution in [0.25, 0.3) is 0 Å². The molecule has 0 saturated carbocycles. The lowest BCUT2D eigenvalue weighted by atomic mass is 9.99. The van der Waals surface area contributed by atoms with Gasteiger partial charge in [-0.3, -0.25) is 0 Å². The highest BCUT2D eigenvalue weighted by molar-refractivity contribution is 7.92.